The Morgan fingerprint density at radius 2 is 1.76 bits per heavy atom. The van der Waals surface area contributed by atoms with Gasteiger partial charge in [0.2, 0.25) is 28.9 Å². The quantitative estimate of drug-likeness (QED) is 0.145. The van der Waals surface area contributed by atoms with Gasteiger partial charge in [-0.05, 0) is 30.2 Å². The summed E-state index contributed by atoms with van der Waals surface area (Å²) < 4.78 is 44.9. The van der Waals surface area contributed by atoms with Gasteiger partial charge in [-0.1, -0.05) is 11.6 Å². The van der Waals surface area contributed by atoms with E-state index in [1.807, 2.05) is 0 Å². The molecule has 0 aliphatic rings. The molecule has 1 heterocycles. The van der Waals surface area contributed by atoms with Crippen LogP contribution >= 0.6 is 11.6 Å². The third-order valence-corrected chi connectivity index (χ3v) is 6.79. The lowest BCUT2D eigenvalue weighted by Gasteiger charge is -2.21. The largest absolute Gasteiger partial charge is 0.497 e. The average molecular weight is 609 g/mol. The average Bonchev–Trinajstić information content (AvgIpc) is 2.96. The first kappa shape index (κ1) is 31.7. The molecule has 1 atom stereocenters. The minimum Gasteiger partial charge on any atom is -0.497 e. The molecule has 1 unspecified atom stereocenters. The zero-order valence-corrected chi connectivity index (χ0v) is 24.9. The SMILES string of the molecule is COc1ccc(Nc2nc(Nc3cc(OC)c(OC)c(OC)c3)ncc2Cl)c(CN(CCCNC(C)=O)S(=O)O)c1. The van der Waals surface area contributed by atoms with E-state index in [4.69, 9.17) is 30.5 Å². The monoisotopic (exact) mass is 608 g/mol. The maximum Gasteiger partial charge on any atom is 0.234 e. The summed E-state index contributed by atoms with van der Waals surface area (Å²) in [6, 6.07) is 8.68. The number of nitrogens with zero attached hydrogens (tertiary/aromatic N) is 3. The molecule has 0 bridgehead atoms. The number of halogens is 1. The molecule has 3 rings (SSSR count). The first-order chi connectivity index (χ1) is 19.7. The smallest absolute Gasteiger partial charge is 0.234 e. The van der Waals surface area contributed by atoms with E-state index < -0.39 is 11.3 Å². The van der Waals surface area contributed by atoms with Crippen molar-refractivity contribution >= 4 is 51.9 Å². The molecular weight excluding hydrogens is 576 g/mol. The first-order valence-corrected chi connectivity index (χ1v) is 13.8. The molecule has 41 heavy (non-hydrogen) atoms. The molecule has 13 nitrogen and oxygen atoms in total. The molecule has 0 saturated heterocycles. The van der Waals surface area contributed by atoms with Crippen LogP contribution in [-0.4, -0.2) is 70.5 Å². The van der Waals surface area contributed by atoms with Gasteiger partial charge in [0, 0.05) is 50.1 Å². The molecule has 1 amide bonds. The zero-order valence-electron chi connectivity index (χ0n) is 23.3. The van der Waals surface area contributed by atoms with Crippen molar-refractivity contribution in [2.75, 3.05) is 52.2 Å². The number of hydrogen-bond acceptors (Lipinski definition) is 10. The Labute approximate surface area is 245 Å². The Hall–Kier alpha value is -3.85. The number of methoxy groups -OCH3 is 4. The van der Waals surface area contributed by atoms with Crippen molar-refractivity contribution in [3.63, 3.8) is 0 Å². The summed E-state index contributed by atoms with van der Waals surface area (Å²) >= 11 is 4.17. The van der Waals surface area contributed by atoms with Crippen molar-refractivity contribution in [3.8, 4) is 23.0 Å². The highest BCUT2D eigenvalue weighted by Gasteiger charge is 2.18. The summed E-state index contributed by atoms with van der Waals surface area (Å²) in [7, 11) is 6.09. The molecule has 0 aliphatic heterocycles. The van der Waals surface area contributed by atoms with Gasteiger partial charge >= 0.3 is 0 Å². The Morgan fingerprint density at radius 1 is 1.05 bits per heavy atom. The van der Waals surface area contributed by atoms with Gasteiger partial charge in [0.15, 0.2) is 17.3 Å². The molecule has 3 aromatic rings. The fourth-order valence-electron chi connectivity index (χ4n) is 3.80. The van der Waals surface area contributed by atoms with E-state index in [2.05, 4.69) is 25.9 Å². The van der Waals surface area contributed by atoms with Gasteiger partial charge in [-0.25, -0.2) is 9.19 Å². The molecule has 4 N–H and O–H groups in total. The molecule has 2 aromatic carbocycles. The minimum absolute atomic E-state index is 0.0992. The highest BCUT2D eigenvalue weighted by atomic mass is 35.5. The second-order valence-corrected chi connectivity index (χ2v) is 9.89. The second-order valence-electron chi connectivity index (χ2n) is 8.51. The van der Waals surface area contributed by atoms with Gasteiger partial charge in [0.25, 0.3) is 0 Å². The fraction of sp³-hybridized carbons (Fsp3) is 0.346. The normalized spacial score (nSPS) is 11.5. The molecule has 0 fully saturated rings. The van der Waals surface area contributed by atoms with E-state index in [9.17, 15) is 13.6 Å². The molecule has 222 valence electrons. The van der Waals surface area contributed by atoms with Gasteiger partial charge < -0.3 is 34.9 Å². The van der Waals surface area contributed by atoms with Gasteiger partial charge in [0.05, 0.1) is 34.6 Å². The molecule has 0 spiro atoms. The van der Waals surface area contributed by atoms with Gasteiger partial charge in [0.1, 0.15) is 10.8 Å². The number of hydrogen-bond donors (Lipinski definition) is 4. The predicted molar refractivity (Wildman–Crippen MR) is 157 cm³/mol. The maximum absolute atomic E-state index is 12.1. The number of amides is 1. The first-order valence-electron chi connectivity index (χ1n) is 12.3. The molecule has 15 heteroatoms. The number of carbonyl (C=O) groups is 1. The number of rotatable bonds is 15. The lowest BCUT2D eigenvalue weighted by atomic mass is 10.1. The van der Waals surface area contributed by atoms with E-state index in [0.29, 0.717) is 58.7 Å². The topological polar surface area (TPSA) is 156 Å². The van der Waals surface area contributed by atoms with Crippen molar-refractivity contribution in [2.24, 2.45) is 0 Å². The van der Waals surface area contributed by atoms with Crippen LogP contribution in [0.4, 0.5) is 23.1 Å². The minimum atomic E-state index is -2.26. The number of anilines is 4. The summed E-state index contributed by atoms with van der Waals surface area (Å²) in [5, 5.41) is 9.23. The van der Waals surface area contributed by atoms with Crippen LogP contribution in [0.3, 0.4) is 0 Å². The van der Waals surface area contributed by atoms with Crippen molar-refractivity contribution in [1.82, 2.24) is 19.6 Å². The zero-order chi connectivity index (χ0) is 29.9. The van der Waals surface area contributed by atoms with Crippen LogP contribution < -0.4 is 34.9 Å². The number of ether oxygens (including phenoxy) is 4. The van der Waals surface area contributed by atoms with Crippen molar-refractivity contribution in [2.45, 2.75) is 19.9 Å². The van der Waals surface area contributed by atoms with Crippen LogP contribution in [-0.2, 0) is 22.6 Å². The molecule has 0 radical (unpaired) electrons. The summed E-state index contributed by atoms with van der Waals surface area (Å²) in [6.07, 6.45) is 1.92. The van der Waals surface area contributed by atoms with Crippen LogP contribution in [0.1, 0.15) is 18.9 Å². The van der Waals surface area contributed by atoms with Gasteiger partial charge in [-0.3, -0.25) is 9.35 Å². The third kappa shape index (κ3) is 8.82. The molecule has 0 aliphatic carbocycles. The Balaban J connectivity index is 1.87. The molecular formula is C26H33ClN6O7S. The standard InChI is InChI=1S/C26H33ClN6O7S/c1-16(34)28-9-6-10-33(41(35)36)15-17-11-19(37-2)7-8-21(17)31-25-20(27)14-29-26(32-25)30-18-12-22(38-3)24(40-5)23(13-18)39-4/h7-8,11-14H,6,9-10,15H2,1-5H3,(H,28,34)(H,35,36)(H2,29,30,31,32). The van der Waals surface area contributed by atoms with Crippen LogP contribution in [0.2, 0.25) is 5.02 Å². The molecule has 0 saturated carbocycles. The number of benzene rings is 2. The van der Waals surface area contributed by atoms with Crippen LogP contribution in [0.25, 0.3) is 0 Å². The van der Waals surface area contributed by atoms with E-state index >= 15 is 0 Å². The summed E-state index contributed by atoms with van der Waals surface area (Å²) in [6.45, 7) is 2.16. The summed E-state index contributed by atoms with van der Waals surface area (Å²) in [5.41, 5.74) is 1.82. The highest BCUT2D eigenvalue weighted by Crippen LogP contribution is 2.40. The Morgan fingerprint density at radius 3 is 2.34 bits per heavy atom. The molecule has 1 aromatic heterocycles. The van der Waals surface area contributed by atoms with Crippen molar-refractivity contribution in [3.05, 3.63) is 47.1 Å². The van der Waals surface area contributed by atoms with Gasteiger partial charge in [-0.2, -0.15) is 9.29 Å². The summed E-state index contributed by atoms with van der Waals surface area (Å²) in [4.78, 5) is 19.9. The van der Waals surface area contributed by atoms with Crippen molar-refractivity contribution in [1.29, 1.82) is 0 Å². The second kappa shape index (κ2) is 15.2. The van der Waals surface area contributed by atoms with Crippen LogP contribution in [0.15, 0.2) is 36.5 Å². The number of nitrogens with one attached hydrogen (secondary N) is 3. The van der Waals surface area contributed by atoms with E-state index in [1.54, 1.807) is 30.3 Å². The number of carbonyl (C=O) groups excluding carboxylic acids is 1. The Kier molecular flexibility index (Phi) is 11.8. The van der Waals surface area contributed by atoms with Crippen LogP contribution in [0.5, 0.6) is 23.0 Å². The fourth-order valence-corrected chi connectivity index (χ4v) is 4.47. The van der Waals surface area contributed by atoms with Crippen LogP contribution in [0, 0.1) is 0 Å². The highest BCUT2D eigenvalue weighted by molar-refractivity contribution is 7.76. The summed E-state index contributed by atoms with van der Waals surface area (Å²) in [5.74, 6) is 2.27. The van der Waals surface area contributed by atoms with E-state index in [-0.39, 0.29) is 30.0 Å². The Bertz CT molecular complexity index is 1360. The lowest BCUT2D eigenvalue weighted by Crippen LogP contribution is -2.30. The van der Waals surface area contributed by atoms with E-state index in [0.717, 1.165) is 0 Å². The third-order valence-electron chi connectivity index (χ3n) is 5.76. The lowest BCUT2D eigenvalue weighted by molar-refractivity contribution is -0.118. The number of aromatic nitrogens is 2. The van der Waals surface area contributed by atoms with E-state index in [1.165, 1.54) is 45.9 Å². The maximum atomic E-state index is 12.1. The predicted octanol–water partition coefficient (Wildman–Crippen LogP) is 4.12. The van der Waals surface area contributed by atoms with Crippen molar-refractivity contribution < 1.29 is 32.5 Å². The van der Waals surface area contributed by atoms with Gasteiger partial charge in [-0.15, -0.1) is 0 Å².